The van der Waals surface area contributed by atoms with E-state index in [-0.39, 0.29) is 30.5 Å². The van der Waals surface area contributed by atoms with Crippen LogP contribution in [0.25, 0.3) is 0 Å². The Morgan fingerprint density at radius 2 is 1.82 bits per heavy atom. The van der Waals surface area contributed by atoms with Crippen LogP contribution in [0.5, 0.6) is 0 Å². The Morgan fingerprint density at radius 1 is 1.11 bits per heavy atom. The van der Waals surface area contributed by atoms with Gasteiger partial charge in [0.05, 0.1) is 12.1 Å². The van der Waals surface area contributed by atoms with E-state index in [4.69, 9.17) is 9.47 Å². The summed E-state index contributed by atoms with van der Waals surface area (Å²) < 4.78 is 45.8. The fourth-order valence-corrected chi connectivity index (χ4v) is 3.60. The summed E-state index contributed by atoms with van der Waals surface area (Å²) in [5, 5.41) is 0. The van der Waals surface area contributed by atoms with Crippen molar-refractivity contribution in [2.24, 2.45) is 0 Å². The molecule has 2 aromatic rings. The molecule has 150 valence electrons. The first-order chi connectivity index (χ1) is 13.5. The third-order valence-electron chi connectivity index (χ3n) is 4.66. The van der Waals surface area contributed by atoms with Gasteiger partial charge in [-0.15, -0.1) is 0 Å². The number of hydrogen-bond donors (Lipinski definition) is 1. The highest BCUT2D eigenvalue weighted by Gasteiger charge is 2.34. The second-order valence-corrected chi connectivity index (χ2v) is 7.50. The van der Waals surface area contributed by atoms with Crippen LogP contribution in [0.3, 0.4) is 0 Å². The second kappa shape index (κ2) is 9.66. The topological polar surface area (TPSA) is 72.9 Å². The monoisotopic (exact) mass is 407 g/mol. The number of rotatable bonds is 6. The van der Waals surface area contributed by atoms with Crippen LogP contribution in [0.15, 0.2) is 54.6 Å². The minimum atomic E-state index is -2.63. The van der Waals surface area contributed by atoms with Crippen molar-refractivity contribution in [1.29, 1.82) is 0 Å². The van der Waals surface area contributed by atoms with E-state index in [0.29, 0.717) is 19.4 Å². The lowest BCUT2D eigenvalue weighted by Crippen LogP contribution is -2.43. The van der Waals surface area contributed by atoms with Gasteiger partial charge in [-0.2, -0.15) is 0 Å². The summed E-state index contributed by atoms with van der Waals surface area (Å²) in [6, 6.07) is 14.9. The summed E-state index contributed by atoms with van der Waals surface area (Å²) in [7, 11) is -2.63. The van der Waals surface area contributed by atoms with Gasteiger partial charge in [-0.25, -0.2) is 17.6 Å². The number of piperidine rings is 1. The molecule has 1 heterocycles. The van der Waals surface area contributed by atoms with Crippen molar-refractivity contribution < 1.29 is 27.1 Å². The molecular weight excluding hydrogens is 385 g/mol. The predicted octanol–water partition coefficient (Wildman–Crippen LogP) is 3.25. The molecule has 1 saturated heterocycles. The average molecular weight is 407 g/mol. The summed E-state index contributed by atoms with van der Waals surface area (Å²) >= 11 is 0. The number of amides is 1. The molecule has 1 aliphatic rings. The molecule has 2 aromatic carbocycles. The molecular formula is C20H22FNO5S. The quantitative estimate of drug-likeness (QED) is 0.745. The summed E-state index contributed by atoms with van der Waals surface area (Å²) in [6.07, 6.45) is 0.143. The summed E-state index contributed by atoms with van der Waals surface area (Å²) in [5.74, 6) is -0.719. The van der Waals surface area contributed by atoms with Gasteiger partial charge < -0.3 is 14.4 Å². The van der Waals surface area contributed by atoms with E-state index in [1.807, 2.05) is 30.3 Å². The van der Waals surface area contributed by atoms with Crippen LogP contribution in [0.4, 0.5) is 9.18 Å². The third kappa shape index (κ3) is 5.53. The number of carbonyl (C=O) groups is 1. The van der Waals surface area contributed by atoms with Crippen molar-refractivity contribution in [2.75, 3.05) is 12.5 Å². The van der Waals surface area contributed by atoms with Crippen LogP contribution in [0, 0.1) is 5.82 Å². The summed E-state index contributed by atoms with van der Waals surface area (Å²) in [5.41, 5.74) is 1.63. The van der Waals surface area contributed by atoms with Crippen LogP contribution >= 0.6 is 0 Å². The molecule has 0 aliphatic carbocycles. The highest BCUT2D eigenvalue weighted by atomic mass is 32.2. The number of ether oxygens (including phenoxy) is 2. The van der Waals surface area contributed by atoms with Crippen molar-refractivity contribution >= 4 is 16.8 Å². The van der Waals surface area contributed by atoms with Crippen molar-refractivity contribution in [3.05, 3.63) is 71.5 Å². The van der Waals surface area contributed by atoms with Crippen molar-refractivity contribution in [1.82, 2.24) is 4.90 Å². The van der Waals surface area contributed by atoms with Gasteiger partial charge in [0.15, 0.2) is 10.7 Å². The Kier molecular flexibility index (Phi) is 7.00. The number of nitrogens with zero attached hydrogens (tertiary/aromatic N) is 1. The van der Waals surface area contributed by atoms with E-state index in [9.17, 15) is 17.6 Å². The maximum Gasteiger partial charge on any atom is 0.410 e. The number of benzene rings is 2. The Morgan fingerprint density at radius 3 is 2.50 bits per heavy atom. The lowest BCUT2D eigenvalue weighted by atomic mass is 9.93. The van der Waals surface area contributed by atoms with E-state index in [2.05, 4.69) is 0 Å². The molecule has 1 fully saturated rings. The standard InChI is InChI=1S/C20H22FNO5S/c21-17-8-6-16(7-9-17)19-12-18(27-14-28(24)25)10-11-22(19)20(23)26-13-15-4-2-1-3-5-15/h1-9,18-19,28H,10-14H2. The van der Waals surface area contributed by atoms with E-state index in [1.165, 1.54) is 12.1 Å². The van der Waals surface area contributed by atoms with E-state index >= 15 is 0 Å². The molecule has 3 rings (SSSR count). The Balaban J connectivity index is 1.71. The summed E-state index contributed by atoms with van der Waals surface area (Å²) in [6.45, 7) is 0.513. The van der Waals surface area contributed by atoms with E-state index in [1.54, 1.807) is 17.0 Å². The molecule has 0 radical (unpaired) electrons. The number of thiol groups is 1. The first-order valence-electron chi connectivity index (χ1n) is 8.99. The molecule has 1 amide bonds. The first-order valence-corrected chi connectivity index (χ1v) is 10.4. The van der Waals surface area contributed by atoms with Crippen LogP contribution in [0.2, 0.25) is 0 Å². The van der Waals surface area contributed by atoms with Gasteiger partial charge in [0.2, 0.25) is 0 Å². The van der Waals surface area contributed by atoms with Crippen LogP contribution in [0.1, 0.15) is 30.0 Å². The predicted molar refractivity (Wildman–Crippen MR) is 102 cm³/mol. The second-order valence-electron chi connectivity index (χ2n) is 6.58. The zero-order valence-electron chi connectivity index (χ0n) is 15.2. The largest absolute Gasteiger partial charge is 0.445 e. The molecule has 0 bridgehead atoms. The maximum absolute atomic E-state index is 13.3. The summed E-state index contributed by atoms with van der Waals surface area (Å²) in [4.78, 5) is 14.3. The number of carbonyl (C=O) groups excluding carboxylic acids is 1. The Hall–Kier alpha value is -2.45. The molecule has 0 N–H and O–H groups in total. The van der Waals surface area contributed by atoms with Gasteiger partial charge in [0.1, 0.15) is 18.4 Å². The van der Waals surface area contributed by atoms with Gasteiger partial charge >= 0.3 is 6.09 Å². The fraction of sp³-hybridized carbons (Fsp3) is 0.350. The average Bonchev–Trinajstić information content (AvgIpc) is 2.71. The van der Waals surface area contributed by atoms with Crippen LogP contribution < -0.4 is 0 Å². The molecule has 0 saturated carbocycles. The number of likely N-dealkylation sites (tertiary alicyclic amines) is 1. The van der Waals surface area contributed by atoms with Gasteiger partial charge in [0.25, 0.3) is 0 Å². The van der Waals surface area contributed by atoms with Crippen molar-refractivity contribution in [2.45, 2.75) is 31.6 Å². The normalized spacial score (nSPS) is 19.6. The molecule has 28 heavy (non-hydrogen) atoms. The lowest BCUT2D eigenvalue weighted by Gasteiger charge is -2.38. The van der Waals surface area contributed by atoms with Crippen LogP contribution in [-0.2, 0) is 26.8 Å². The Labute approximate surface area is 164 Å². The lowest BCUT2D eigenvalue weighted by molar-refractivity contribution is -0.00139. The number of halogens is 1. The van der Waals surface area contributed by atoms with E-state index < -0.39 is 16.8 Å². The number of hydrogen-bond acceptors (Lipinski definition) is 5. The molecule has 0 spiro atoms. The maximum atomic E-state index is 13.3. The zero-order chi connectivity index (χ0) is 19.9. The highest BCUT2D eigenvalue weighted by Crippen LogP contribution is 2.33. The fourth-order valence-electron chi connectivity index (χ4n) is 3.27. The highest BCUT2D eigenvalue weighted by molar-refractivity contribution is 7.72. The molecule has 1 aliphatic heterocycles. The minimum absolute atomic E-state index is 0.156. The molecule has 6 nitrogen and oxygen atoms in total. The van der Waals surface area contributed by atoms with Crippen LogP contribution in [-0.4, -0.2) is 38.0 Å². The SMILES string of the molecule is O=C(OCc1ccccc1)N1CCC(OC[SH](=O)=O)CC1c1ccc(F)cc1. The molecule has 2 atom stereocenters. The van der Waals surface area contributed by atoms with Gasteiger partial charge in [-0.05, 0) is 36.1 Å². The smallest absolute Gasteiger partial charge is 0.410 e. The minimum Gasteiger partial charge on any atom is -0.445 e. The van der Waals surface area contributed by atoms with Gasteiger partial charge in [-0.1, -0.05) is 42.5 Å². The van der Waals surface area contributed by atoms with Crippen molar-refractivity contribution in [3.8, 4) is 0 Å². The van der Waals surface area contributed by atoms with Gasteiger partial charge in [0, 0.05) is 6.54 Å². The third-order valence-corrected chi connectivity index (χ3v) is 5.02. The van der Waals surface area contributed by atoms with Crippen molar-refractivity contribution in [3.63, 3.8) is 0 Å². The molecule has 0 aromatic heterocycles. The first kappa shape index (κ1) is 20.3. The Bertz CT molecular complexity index is 849. The molecule has 8 heteroatoms. The molecule has 2 unspecified atom stereocenters. The van der Waals surface area contributed by atoms with Gasteiger partial charge in [-0.3, -0.25) is 0 Å². The van der Waals surface area contributed by atoms with E-state index in [0.717, 1.165) is 11.1 Å². The zero-order valence-corrected chi connectivity index (χ0v) is 16.1.